The van der Waals surface area contributed by atoms with Crippen LogP contribution in [0.5, 0.6) is 5.75 Å². The van der Waals surface area contributed by atoms with Crippen LogP contribution in [0, 0.1) is 0 Å². The fraction of sp³-hybridized carbons (Fsp3) is 0.433. The molecule has 8 nitrogen and oxygen atoms in total. The summed E-state index contributed by atoms with van der Waals surface area (Å²) >= 11 is 0. The van der Waals surface area contributed by atoms with Crippen LogP contribution in [0.1, 0.15) is 58.3 Å². The van der Waals surface area contributed by atoms with Gasteiger partial charge in [0.25, 0.3) is 0 Å². The molecule has 38 heavy (non-hydrogen) atoms. The Balaban J connectivity index is 1.41. The topological polar surface area (TPSA) is 104 Å². The molecule has 202 valence electrons. The number of pyridine rings is 1. The molecule has 0 saturated heterocycles. The molecule has 0 aliphatic heterocycles. The Kier molecular flexibility index (Phi) is 8.84. The Morgan fingerprint density at radius 2 is 1.89 bits per heavy atom. The molecular formula is C30H39N5O3. The molecule has 0 atom stereocenters. The standard InChI is InChI=1S/C30H39N5O3/c1-5-7-16-25-34-26-27(23-14-8-9-15-24(23)33-28(26)31)35(25)18-11-17-32-20-21-12-10-13-22(19-21)38-30(3,4)29(36)37-6-2/h8-10,12-15,19,32H,5-7,11,16-18,20H2,1-4H3,(H2,31,33). The smallest absolute Gasteiger partial charge is 0.349 e. The van der Waals surface area contributed by atoms with Crippen LogP contribution in [0.4, 0.5) is 5.82 Å². The zero-order valence-electron chi connectivity index (χ0n) is 22.9. The Labute approximate surface area is 224 Å². The number of carbonyl (C=O) groups is 1. The van der Waals surface area contributed by atoms with Crippen molar-refractivity contribution in [2.45, 2.75) is 72.1 Å². The quantitative estimate of drug-likeness (QED) is 0.180. The number of ether oxygens (including phenoxy) is 2. The third-order valence-electron chi connectivity index (χ3n) is 6.55. The fourth-order valence-electron chi connectivity index (χ4n) is 4.63. The van der Waals surface area contributed by atoms with Crippen LogP contribution in [0.3, 0.4) is 0 Å². The minimum Gasteiger partial charge on any atom is -0.476 e. The Hall–Kier alpha value is -3.65. The molecule has 0 bridgehead atoms. The van der Waals surface area contributed by atoms with Crippen LogP contribution in [0.15, 0.2) is 48.5 Å². The minimum atomic E-state index is -1.05. The van der Waals surface area contributed by atoms with Gasteiger partial charge < -0.3 is 25.1 Å². The second kappa shape index (κ2) is 12.3. The van der Waals surface area contributed by atoms with Gasteiger partial charge in [0.2, 0.25) is 0 Å². The van der Waals surface area contributed by atoms with Gasteiger partial charge in [-0.05, 0) is 63.9 Å². The van der Waals surface area contributed by atoms with Crippen molar-refractivity contribution in [3.8, 4) is 5.75 Å². The summed E-state index contributed by atoms with van der Waals surface area (Å²) in [5.41, 5.74) is 9.13. The molecule has 0 amide bonds. The predicted octanol–water partition coefficient (Wildman–Crippen LogP) is 5.41. The van der Waals surface area contributed by atoms with Gasteiger partial charge in [-0.3, -0.25) is 0 Å². The van der Waals surface area contributed by atoms with Crippen LogP contribution >= 0.6 is 0 Å². The lowest BCUT2D eigenvalue weighted by molar-refractivity contribution is -0.158. The third-order valence-corrected chi connectivity index (χ3v) is 6.55. The van der Waals surface area contributed by atoms with Crippen molar-refractivity contribution >= 4 is 33.7 Å². The van der Waals surface area contributed by atoms with E-state index in [1.165, 1.54) is 0 Å². The molecule has 8 heteroatoms. The first-order valence-corrected chi connectivity index (χ1v) is 13.5. The summed E-state index contributed by atoms with van der Waals surface area (Å²) in [4.78, 5) is 21.7. The predicted molar refractivity (Wildman–Crippen MR) is 152 cm³/mol. The molecule has 4 rings (SSSR count). The second-order valence-corrected chi connectivity index (χ2v) is 10.0. The minimum absolute atomic E-state index is 0.324. The first-order chi connectivity index (χ1) is 18.3. The fourth-order valence-corrected chi connectivity index (χ4v) is 4.63. The number of anilines is 1. The van der Waals surface area contributed by atoms with E-state index in [0.717, 1.165) is 72.1 Å². The lowest BCUT2D eigenvalue weighted by Crippen LogP contribution is -2.39. The molecule has 2 heterocycles. The number of unbranched alkanes of at least 4 members (excludes halogenated alkanes) is 1. The number of imidazole rings is 1. The number of rotatable bonds is 13. The first-order valence-electron chi connectivity index (χ1n) is 13.5. The van der Waals surface area contributed by atoms with Crippen molar-refractivity contribution in [1.29, 1.82) is 0 Å². The lowest BCUT2D eigenvalue weighted by Gasteiger charge is -2.24. The van der Waals surface area contributed by atoms with Crippen molar-refractivity contribution in [2.24, 2.45) is 0 Å². The van der Waals surface area contributed by atoms with Gasteiger partial charge in [0.05, 0.1) is 17.6 Å². The molecule has 0 saturated carbocycles. The van der Waals surface area contributed by atoms with Crippen molar-refractivity contribution < 1.29 is 14.3 Å². The van der Waals surface area contributed by atoms with Crippen molar-refractivity contribution in [2.75, 3.05) is 18.9 Å². The Bertz CT molecular complexity index is 1400. The highest BCUT2D eigenvalue weighted by molar-refractivity contribution is 6.06. The van der Waals surface area contributed by atoms with Crippen molar-refractivity contribution in [1.82, 2.24) is 19.9 Å². The number of hydrogen-bond donors (Lipinski definition) is 2. The normalized spacial score (nSPS) is 11.8. The van der Waals surface area contributed by atoms with Gasteiger partial charge in [-0.15, -0.1) is 0 Å². The van der Waals surface area contributed by atoms with Crippen LogP contribution in [0.2, 0.25) is 0 Å². The van der Waals surface area contributed by atoms with E-state index < -0.39 is 5.60 Å². The molecule has 0 fully saturated rings. The summed E-state index contributed by atoms with van der Waals surface area (Å²) in [6.07, 6.45) is 4.05. The molecule has 2 aromatic heterocycles. The van der Waals surface area contributed by atoms with Crippen LogP contribution < -0.4 is 15.8 Å². The first kappa shape index (κ1) is 27.4. The average Bonchev–Trinajstić information content (AvgIpc) is 3.26. The number of nitrogens with zero attached hydrogens (tertiary/aromatic N) is 3. The zero-order valence-corrected chi connectivity index (χ0v) is 22.9. The number of aryl methyl sites for hydroxylation is 2. The maximum atomic E-state index is 12.2. The molecule has 3 N–H and O–H groups in total. The highest BCUT2D eigenvalue weighted by Gasteiger charge is 2.31. The summed E-state index contributed by atoms with van der Waals surface area (Å²) in [7, 11) is 0. The monoisotopic (exact) mass is 517 g/mol. The van der Waals surface area contributed by atoms with E-state index in [1.54, 1.807) is 20.8 Å². The summed E-state index contributed by atoms with van der Waals surface area (Å²) in [5.74, 6) is 1.83. The number of benzene rings is 2. The third kappa shape index (κ3) is 6.25. The molecule has 0 unspecified atom stereocenters. The van der Waals surface area contributed by atoms with E-state index in [1.807, 2.05) is 42.5 Å². The number of nitrogens with two attached hydrogens (primary N) is 1. The Morgan fingerprint density at radius 1 is 1.08 bits per heavy atom. The molecule has 4 aromatic rings. The van der Waals surface area contributed by atoms with Crippen molar-refractivity contribution in [3.05, 3.63) is 59.9 Å². The maximum absolute atomic E-state index is 12.2. The van der Waals surface area contributed by atoms with Gasteiger partial charge in [0.15, 0.2) is 11.4 Å². The van der Waals surface area contributed by atoms with E-state index in [4.69, 9.17) is 20.2 Å². The molecule has 0 spiro atoms. The Morgan fingerprint density at radius 3 is 2.68 bits per heavy atom. The highest BCUT2D eigenvalue weighted by Crippen LogP contribution is 2.29. The van der Waals surface area contributed by atoms with E-state index >= 15 is 0 Å². The van der Waals surface area contributed by atoms with E-state index in [0.29, 0.717) is 24.7 Å². The summed E-state index contributed by atoms with van der Waals surface area (Å²) in [6.45, 7) is 10.1. The van der Waals surface area contributed by atoms with Crippen LogP contribution in [0.25, 0.3) is 21.9 Å². The van der Waals surface area contributed by atoms with Gasteiger partial charge in [-0.2, -0.15) is 0 Å². The molecule has 0 aliphatic carbocycles. The van der Waals surface area contributed by atoms with Gasteiger partial charge in [0.1, 0.15) is 17.1 Å². The lowest BCUT2D eigenvalue weighted by atomic mass is 10.1. The maximum Gasteiger partial charge on any atom is 0.349 e. The molecule has 0 radical (unpaired) electrons. The highest BCUT2D eigenvalue weighted by atomic mass is 16.6. The number of nitrogens with one attached hydrogen (secondary N) is 1. The number of hydrogen-bond acceptors (Lipinski definition) is 7. The van der Waals surface area contributed by atoms with Crippen LogP contribution in [-0.4, -0.2) is 39.3 Å². The number of carbonyl (C=O) groups excluding carboxylic acids is 1. The molecule has 2 aromatic carbocycles. The number of esters is 1. The van der Waals surface area contributed by atoms with Gasteiger partial charge >= 0.3 is 5.97 Å². The van der Waals surface area contributed by atoms with Gasteiger partial charge in [0, 0.05) is 24.9 Å². The number of nitrogen functional groups attached to an aromatic ring is 1. The molecular weight excluding hydrogens is 478 g/mol. The summed E-state index contributed by atoms with van der Waals surface area (Å²) < 4.78 is 13.4. The number of fused-ring (bicyclic) bond motifs is 3. The largest absolute Gasteiger partial charge is 0.476 e. The van der Waals surface area contributed by atoms with E-state index in [2.05, 4.69) is 27.9 Å². The van der Waals surface area contributed by atoms with Gasteiger partial charge in [-0.25, -0.2) is 14.8 Å². The van der Waals surface area contributed by atoms with Crippen LogP contribution in [-0.2, 0) is 29.0 Å². The van der Waals surface area contributed by atoms with Crippen molar-refractivity contribution in [3.63, 3.8) is 0 Å². The average molecular weight is 518 g/mol. The zero-order chi connectivity index (χ0) is 27.1. The van der Waals surface area contributed by atoms with Gasteiger partial charge in [-0.1, -0.05) is 43.7 Å². The summed E-state index contributed by atoms with van der Waals surface area (Å²) in [6, 6.07) is 15.9. The number of para-hydroxylation sites is 1. The van der Waals surface area contributed by atoms with E-state index in [9.17, 15) is 4.79 Å². The SMILES string of the molecule is CCCCc1nc2c(N)nc3ccccc3c2n1CCCNCc1cccc(OC(C)(C)C(=O)OCC)c1. The second-order valence-electron chi connectivity index (χ2n) is 10.0. The summed E-state index contributed by atoms with van der Waals surface area (Å²) in [5, 5.41) is 4.62. The molecule has 0 aliphatic rings. The number of aromatic nitrogens is 3. The van der Waals surface area contributed by atoms with E-state index in [-0.39, 0.29) is 5.97 Å².